The molecule has 8 heteroatoms. The van der Waals surface area contributed by atoms with Crippen molar-refractivity contribution in [2.75, 3.05) is 5.32 Å². The molecule has 0 saturated carbocycles. The van der Waals surface area contributed by atoms with E-state index < -0.39 is 17.2 Å². The highest BCUT2D eigenvalue weighted by Crippen LogP contribution is 2.26. The molecule has 7 nitrogen and oxygen atoms in total. The van der Waals surface area contributed by atoms with Gasteiger partial charge in [0, 0.05) is 6.07 Å². The van der Waals surface area contributed by atoms with E-state index in [2.05, 4.69) is 15.4 Å². The summed E-state index contributed by atoms with van der Waals surface area (Å²) in [7, 11) is 0. The Morgan fingerprint density at radius 1 is 1.15 bits per heavy atom. The van der Waals surface area contributed by atoms with Crippen LogP contribution in [0.3, 0.4) is 0 Å². The van der Waals surface area contributed by atoms with Crippen molar-refractivity contribution in [1.82, 2.24) is 14.8 Å². The van der Waals surface area contributed by atoms with Crippen LogP contribution in [0.4, 0.5) is 5.13 Å². The van der Waals surface area contributed by atoms with Gasteiger partial charge in [-0.15, -0.1) is 0 Å². The molecule has 0 aliphatic carbocycles. The average Bonchev–Trinajstić information content (AvgIpc) is 3.03. The summed E-state index contributed by atoms with van der Waals surface area (Å²) in [6.45, 7) is 1.88. The highest BCUT2D eigenvalue weighted by Gasteiger charge is 2.18. The standard InChI is InChI=1S/C19H14N4O3S/c1-11-5-4-6-12(9-11)23-16(25)10-14(24)17(22-23)18(26)21-19-20-13-7-2-3-8-15(13)27-19/h2-10,24H,1H3,(H,20,21,26). The van der Waals surface area contributed by atoms with Crippen LogP contribution in [-0.4, -0.2) is 25.8 Å². The molecule has 2 heterocycles. The Morgan fingerprint density at radius 3 is 2.74 bits per heavy atom. The van der Waals surface area contributed by atoms with Gasteiger partial charge in [-0.05, 0) is 36.8 Å². The largest absolute Gasteiger partial charge is 0.505 e. The van der Waals surface area contributed by atoms with E-state index in [1.165, 1.54) is 11.3 Å². The van der Waals surface area contributed by atoms with E-state index in [-0.39, 0.29) is 5.69 Å². The molecule has 2 N–H and O–H groups in total. The normalized spacial score (nSPS) is 10.9. The number of para-hydroxylation sites is 1. The number of hydrogen-bond donors (Lipinski definition) is 2. The molecular formula is C19H14N4O3S. The first-order chi connectivity index (χ1) is 13.0. The zero-order valence-corrected chi connectivity index (χ0v) is 15.0. The molecule has 0 spiro atoms. The number of rotatable bonds is 3. The van der Waals surface area contributed by atoms with Gasteiger partial charge >= 0.3 is 0 Å². The lowest BCUT2D eigenvalue weighted by atomic mass is 10.2. The van der Waals surface area contributed by atoms with Gasteiger partial charge in [-0.2, -0.15) is 9.78 Å². The number of nitrogens with one attached hydrogen (secondary N) is 1. The summed E-state index contributed by atoms with van der Waals surface area (Å²) in [6, 6.07) is 15.6. The fourth-order valence-electron chi connectivity index (χ4n) is 2.64. The third kappa shape index (κ3) is 3.30. The number of thiazole rings is 1. The van der Waals surface area contributed by atoms with E-state index in [0.29, 0.717) is 10.8 Å². The molecule has 0 bridgehead atoms. The van der Waals surface area contributed by atoms with Crippen molar-refractivity contribution >= 4 is 32.6 Å². The summed E-state index contributed by atoms with van der Waals surface area (Å²) in [6.07, 6.45) is 0. The van der Waals surface area contributed by atoms with Crippen LogP contribution in [0.25, 0.3) is 15.9 Å². The monoisotopic (exact) mass is 378 g/mol. The second-order valence-corrected chi connectivity index (χ2v) is 6.94. The average molecular weight is 378 g/mol. The van der Waals surface area contributed by atoms with Crippen LogP contribution >= 0.6 is 11.3 Å². The van der Waals surface area contributed by atoms with Crippen molar-refractivity contribution < 1.29 is 9.90 Å². The lowest BCUT2D eigenvalue weighted by Crippen LogP contribution is -2.25. The molecule has 0 atom stereocenters. The highest BCUT2D eigenvalue weighted by atomic mass is 32.1. The second-order valence-electron chi connectivity index (χ2n) is 5.91. The van der Waals surface area contributed by atoms with E-state index in [9.17, 15) is 14.7 Å². The highest BCUT2D eigenvalue weighted by molar-refractivity contribution is 7.22. The van der Waals surface area contributed by atoms with E-state index in [1.54, 1.807) is 18.2 Å². The third-order valence-electron chi connectivity index (χ3n) is 3.89. The van der Waals surface area contributed by atoms with E-state index in [0.717, 1.165) is 26.5 Å². The maximum absolute atomic E-state index is 12.6. The van der Waals surface area contributed by atoms with Crippen LogP contribution < -0.4 is 10.9 Å². The Bertz CT molecular complexity index is 1200. The number of amides is 1. The number of fused-ring (bicyclic) bond motifs is 1. The lowest BCUT2D eigenvalue weighted by Gasteiger charge is -2.09. The van der Waals surface area contributed by atoms with Crippen LogP contribution in [0.1, 0.15) is 16.1 Å². The smallest absolute Gasteiger partial charge is 0.281 e. The Labute approximate surface area is 157 Å². The first-order valence-electron chi connectivity index (χ1n) is 8.08. The number of anilines is 1. The molecule has 0 aliphatic rings. The number of hydrogen-bond acceptors (Lipinski definition) is 6. The molecule has 4 rings (SSSR count). The molecule has 1 amide bonds. The number of aryl methyl sites for hydroxylation is 1. The van der Waals surface area contributed by atoms with Crippen LogP contribution in [-0.2, 0) is 0 Å². The Balaban J connectivity index is 1.71. The molecule has 0 fully saturated rings. The van der Waals surface area contributed by atoms with Gasteiger partial charge in [-0.1, -0.05) is 35.6 Å². The number of benzene rings is 2. The Morgan fingerprint density at radius 2 is 1.96 bits per heavy atom. The number of carbonyl (C=O) groups is 1. The van der Waals surface area contributed by atoms with Gasteiger partial charge in [0.05, 0.1) is 15.9 Å². The molecule has 0 saturated heterocycles. The van der Waals surface area contributed by atoms with Crippen molar-refractivity contribution in [1.29, 1.82) is 0 Å². The minimum atomic E-state index is -0.645. The van der Waals surface area contributed by atoms with Crippen LogP contribution in [0.5, 0.6) is 5.75 Å². The van der Waals surface area contributed by atoms with Crippen LogP contribution in [0.15, 0.2) is 59.4 Å². The van der Waals surface area contributed by atoms with Crippen molar-refractivity contribution in [3.05, 3.63) is 76.2 Å². The molecular weight excluding hydrogens is 364 g/mol. The minimum absolute atomic E-state index is 0.254. The number of carbonyl (C=O) groups excluding carboxylic acids is 1. The summed E-state index contributed by atoms with van der Waals surface area (Å²) >= 11 is 1.31. The summed E-state index contributed by atoms with van der Waals surface area (Å²) in [5, 5.41) is 17.1. The van der Waals surface area contributed by atoms with Crippen LogP contribution in [0, 0.1) is 6.92 Å². The zero-order chi connectivity index (χ0) is 19.0. The van der Waals surface area contributed by atoms with E-state index >= 15 is 0 Å². The predicted molar refractivity (Wildman–Crippen MR) is 104 cm³/mol. The second kappa shape index (κ2) is 6.65. The van der Waals surface area contributed by atoms with Gasteiger partial charge < -0.3 is 5.11 Å². The molecule has 0 unspecified atom stereocenters. The maximum Gasteiger partial charge on any atom is 0.281 e. The summed E-state index contributed by atoms with van der Waals surface area (Å²) in [4.78, 5) is 29.1. The SMILES string of the molecule is Cc1cccc(-n2nc(C(=O)Nc3nc4ccccc4s3)c(O)cc2=O)c1. The maximum atomic E-state index is 12.6. The topological polar surface area (TPSA) is 97.1 Å². The fraction of sp³-hybridized carbons (Fsp3) is 0.0526. The third-order valence-corrected chi connectivity index (χ3v) is 4.84. The molecule has 4 aromatic rings. The molecule has 0 radical (unpaired) electrons. The van der Waals surface area contributed by atoms with Crippen molar-refractivity contribution in [2.24, 2.45) is 0 Å². The van der Waals surface area contributed by atoms with E-state index in [1.807, 2.05) is 37.3 Å². The molecule has 2 aromatic carbocycles. The number of nitrogens with zero attached hydrogens (tertiary/aromatic N) is 3. The van der Waals surface area contributed by atoms with Gasteiger partial charge in [-0.25, -0.2) is 4.98 Å². The van der Waals surface area contributed by atoms with Crippen LogP contribution in [0.2, 0.25) is 0 Å². The zero-order valence-electron chi connectivity index (χ0n) is 14.2. The van der Waals surface area contributed by atoms with Crippen molar-refractivity contribution in [2.45, 2.75) is 6.92 Å². The minimum Gasteiger partial charge on any atom is -0.505 e. The fourth-order valence-corrected chi connectivity index (χ4v) is 3.50. The quantitative estimate of drug-likeness (QED) is 0.571. The molecule has 2 aromatic heterocycles. The van der Waals surface area contributed by atoms with Gasteiger partial charge in [0.2, 0.25) is 0 Å². The van der Waals surface area contributed by atoms with Gasteiger partial charge in [0.1, 0.15) is 0 Å². The molecule has 134 valence electrons. The lowest BCUT2D eigenvalue weighted by molar-refractivity contribution is 0.101. The summed E-state index contributed by atoms with van der Waals surface area (Å²) in [5.41, 5.74) is 1.42. The van der Waals surface area contributed by atoms with Crippen molar-refractivity contribution in [3.63, 3.8) is 0 Å². The number of aromatic nitrogens is 3. The van der Waals surface area contributed by atoms with Gasteiger partial charge in [0.25, 0.3) is 11.5 Å². The van der Waals surface area contributed by atoms with E-state index in [4.69, 9.17) is 0 Å². The summed E-state index contributed by atoms with van der Waals surface area (Å²) < 4.78 is 2.01. The Hall–Kier alpha value is -3.52. The van der Waals surface area contributed by atoms with Crippen molar-refractivity contribution in [3.8, 4) is 11.4 Å². The Kier molecular flexibility index (Phi) is 4.17. The van der Waals surface area contributed by atoms with Gasteiger partial charge in [0.15, 0.2) is 16.6 Å². The first-order valence-corrected chi connectivity index (χ1v) is 8.90. The predicted octanol–water partition coefficient (Wildman–Crippen LogP) is 3.11. The number of aromatic hydroxyl groups is 1. The summed E-state index contributed by atoms with van der Waals surface area (Å²) in [5.74, 6) is -1.13. The van der Waals surface area contributed by atoms with Gasteiger partial charge in [-0.3, -0.25) is 14.9 Å². The molecule has 27 heavy (non-hydrogen) atoms. The first kappa shape index (κ1) is 16.9. The molecule has 0 aliphatic heterocycles.